The minimum atomic E-state index is -3.82. The number of anilines is 1. The number of hydrogen-bond acceptors (Lipinski definition) is 7. The van der Waals surface area contributed by atoms with Crippen LogP contribution < -0.4 is 9.46 Å². The highest BCUT2D eigenvalue weighted by molar-refractivity contribution is 7.92. The quantitative estimate of drug-likeness (QED) is 0.551. The number of carbonyl (C=O) groups excluding carboxylic acids is 1. The second-order valence-corrected chi connectivity index (χ2v) is 10.5. The molecule has 2 aromatic carbocycles. The molecule has 3 aromatic rings. The van der Waals surface area contributed by atoms with Crippen molar-refractivity contribution in [1.29, 1.82) is 0 Å². The zero-order valence-corrected chi connectivity index (χ0v) is 20.2. The van der Waals surface area contributed by atoms with E-state index >= 15 is 0 Å². The topological polar surface area (TPSA) is 91.8 Å². The second-order valence-electron chi connectivity index (χ2n) is 7.76. The number of methoxy groups -OCH3 is 1. The van der Waals surface area contributed by atoms with E-state index in [0.717, 1.165) is 30.3 Å². The first-order valence-corrected chi connectivity index (χ1v) is 12.9. The molecule has 0 aliphatic carbocycles. The zero-order chi connectivity index (χ0) is 23.4. The number of rotatable bonds is 7. The molecule has 1 N–H and O–H groups in total. The molecule has 2 heterocycles. The van der Waals surface area contributed by atoms with Crippen LogP contribution in [0.25, 0.3) is 0 Å². The predicted octanol–water partition coefficient (Wildman–Crippen LogP) is 3.22. The molecule has 0 bridgehead atoms. The van der Waals surface area contributed by atoms with Crippen LogP contribution in [0.1, 0.15) is 21.1 Å². The van der Waals surface area contributed by atoms with Crippen molar-refractivity contribution in [3.8, 4) is 5.75 Å². The van der Waals surface area contributed by atoms with E-state index in [2.05, 4.69) is 20.0 Å². The third-order valence-electron chi connectivity index (χ3n) is 5.47. The van der Waals surface area contributed by atoms with Crippen molar-refractivity contribution in [2.24, 2.45) is 0 Å². The number of piperazine rings is 1. The highest BCUT2D eigenvalue weighted by Gasteiger charge is 2.23. The molecule has 8 nitrogen and oxygen atoms in total. The number of thiazole rings is 1. The minimum Gasteiger partial charge on any atom is -0.495 e. The number of sulfonamides is 1. The molecule has 0 unspecified atom stereocenters. The Balaban J connectivity index is 1.37. The van der Waals surface area contributed by atoms with Crippen LogP contribution in [-0.4, -0.2) is 62.4 Å². The number of nitrogens with zero attached hydrogens (tertiary/aromatic N) is 3. The fraction of sp³-hybridized carbons (Fsp3) is 0.304. The Morgan fingerprint density at radius 2 is 1.79 bits per heavy atom. The van der Waals surface area contributed by atoms with Crippen LogP contribution in [0, 0.1) is 6.92 Å². The number of hydrogen-bond donors (Lipinski definition) is 1. The van der Waals surface area contributed by atoms with Crippen molar-refractivity contribution < 1.29 is 17.9 Å². The normalized spacial score (nSPS) is 14.8. The summed E-state index contributed by atoms with van der Waals surface area (Å²) < 4.78 is 33.3. The number of para-hydroxylation sites is 2. The molecule has 0 radical (unpaired) electrons. The molecule has 1 fully saturated rings. The van der Waals surface area contributed by atoms with Gasteiger partial charge < -0.3 is 9.64 Å². The summed E-state index contributed by atoms with van der Waals surface area (Å²) in [6.07, 6.45) is 0. The minimum absolute atomic E-state index is 0.0772. The van der Waals surface area contributed by atoms with Gasteiger partial charge in [-0.15, -0.1) is 11.3 Å². The van der Waals surface area contributed by atoms with Crippen LogP contribution in [0.15, 0.2) is 58.8 Å². The largest absolute Gasteiger partial charge is 0.495 e. The Kier molecular flexibility index (Phi) is 6.96. The van der Waals surface area contributed by atoms with E-state index < -0.39 is 10.0 Å². The number of aryl methyl sites for hydroxylation is 1. The number of aromatic nitrogens is 1. The van der Waals surface area contributed by atoms with Crippen molar-refractivity contribution in [2.75, 3.05) is 38.0 Å². The zero-order valence-electron chi connectivity index (χ0n) is 18.5. The molecule has 1 aliphatic heterocycles. The van der Waals surface area contributed by atoms with Gasteiger partial charge in [-0.2, -0.15) is 0 Å². The average molecular weight is 487 g/mol. The van der Waals surface area contributed by atoms with Gasteiger partial charge in [-0.1, -0.05) is 12.1 Å². The summed E-state index contributed by atoms with van der Waals surface area (Å²) in [5.41, 5.74) is 1.89. The van der Waals surface area contributed by atoms with E-state index in [0.29, 0.717) is 30.1 Å². The Bertz CT molecular complexity index is 1220. The van der Waals surface area contributed by atoms with Crippen molar-refractivity contribution in [2.45, 2.75) is 18.4 Å². The van der Waals surface area contributed by atoms with Gasteiger partial charge in [0.1, 0.15) is 5.75 Å². The predicted molar refractivity (Wildman–Crippen MR) is 128 cm³/mol. The fourth-order valence-corrected chi connectivity index (χ4v) is 5.39. The van der Waals surface area contributed by atoms with E-state index in [-0.39, 0.29) is 10.8 Å². The SMILES string of the molecule is COc1ccccc1NS(=O)(=O)c1ccc(C(=O)N2CCN(Cc3csc(C)n3)CC2)cc1. The lowest BCUT2D eigenvalue weighted by molar-refractivity contribution is 0.0627. The number of benzene rings is 2. The van der Waals surface area contributed by atoms with Crippen LogP contribution in [0.2, 0.25) is 0 Å². The molecular formula is C23H26N4O4S2. The summed E-state index contributed by atoms with van der Waals surface area (Å²) in [5, 5.41) is 3.13. The molecule has 1 aliphatic rings. The lowest BCUT2D eigenvalue weighted by Crippen LogP contribution is -2.48. The van der Waals surface area contributed by atoms with Crippen molar-refractivity contribution in [1.82, 2.24) is 14.8 Å². The first kappa shape index (κ1) is 23.2. The van der Waals surface area contributed by atoms with E-state index in [4.69, 9.17) is 4.74 Å². The number of nitrogens with one attached hydrogen (secondary N) is 1. The summed E-state index contributed by atoms with van der Waals surface area (Å²) in [5.74, 6) is 0.331. The van der Waals surface area contributed by atoms with E-state index in [1.54, 1.807) is 52.6 Å². The van der Waals surface area contributed by atoms with E-state index in [1.807, 2.05) is 6.92 Å². The molecule has 1 saturated heterocycles. The average Bonchev–Trinajstić information content (AvgIpc) is 3.23. The monoisotopic (exact) mass is 486 g/mol. The Hall–Kier alpha value is -2.95. The molecule has 174 valence electrons. The number of ether oxygens (including phenoxy) is 1. The lowest BCUT2D eigenvalue weighted by Gasteiger charge is -2.34. The van der Waals surface area contributed by atoms with Gasteiger partial charge in [-0.05, 0) is 43.3 Å². The summed E-state index contributed by atoms with van der Waals surface area (Å²) in [4.78, 5) is 21.6. The summed E-state index contributed by atoms with van der Waals surface area (Å²) in [6, 6.07) is 12.8. The Morgan fingerprint density at radius 1 is 1.09 bits per heavy atom. The maximum Gasteiger partial charge on any atom is 0.262 e. The highest BCUT2D eigenvalue weighted by atomic mass is 32.2. The maximum atomic E-state index is 12.9. The first-order valence-electron chi connectivity index (χ1n) is 10.5. The second kappa shape index (κ2) is 9.90. The number of amides is 1. The van der Waals surface area contributed by atoms with Crippen molar-refractivity contribution in [3.05, 3.63) is 70.2 Å². The molecule has 4 rings (SSSR count). The van der Waals surface area contributed by atoms with Crippen LogP contribution in [0.5, 0.6) is 5.75 Å². The highest BCUT2D eigenvalue weighted by Crippen LogP contribution is 2.26. The molecule has 0 spiro atoms. The summed E-state index contributed by atoms with van der Waals surface area (Å²) in [7, 11) is -2.34. The van der Waals surface area contributed by atoms with Gasteiger partial charge in [0.25, 0.3) is 15.9 Å². The smallest absolute Gasteiger partial charge is 0.262 e. The molecular weight excluding hydrogens is 460 g/mol. The third-order valence-corrected chi connectivity index (χ3v) is 7.68. The summed E-state index contributed by atoms with van der Waals surface area (Å²) >= 11 is 1.64. The van der Waals surface area contributed by atoms with Crippen molar-refractivity contribution in [3.63, 3.8) is 0 Å². The molecule has 33 heavy (non-hydrogen) atoms. The van der Waals surface area contributed by atoms with Gasteiger partial charge in [0.2, 0.25) is 0 Å². The third kappa shape index (κ3) is 5.52. The van der Waals surface area contributed by atoms with Gasteiger partial charge >= 0.3 is 0 Å². The number of carbonyl (C=O) groups is 1. The Morgan fingerprint density at radius 3 is 2.42 bits per heavy atom. The van der Waals surface area contributed by atoms with Gasteiger partial charge in [0.05, 0.1) is 28.4 Å². The van der Waals surface area contributed by atoms with Crippen LogP contribution in [0.3, 0.4) is 0 Å². The van der Waals surface area contributed by atoms with Gasteiger partial charge in [0.15, 0.2) is 0 Å². The first-order chi connectivity index (χ1) is 15.9. The van der Waals surface area contributed by atoms with Crippen molar-refractivity contribution >= 4 is 33.0 Å². The van der Waals surface area contributed by atoms with E-state index in [9.17, 15) is 13.2 Å². The molecule has 1 aromatic heterocycles. The molecule has 0 atom stereocenters. The molecule has 10 heteroatoms. The van der Waals surface area contributed by atoms with Gasteiger partial charge in [-0.3, -0.25) is 14.4 Å². The van der Waals surface area contributed by atoms with Crippen LogP contribution >= 0.6 is 11.3 Å². The van der Waals surface area contributed by atoms with Gasteiger partial charge in [-0.25, -0.2) is 13.4 Å². The Labute approximate surface area is 197 Å². The fourth-order valence-electron chi connectivity index (χ4n) is 3.71. The maximum absolute atomic E-state index is 12.9. The van der Waals surface area contributed by atoms with Gasteiger partial charge in [0, 0.05) is 43.7 Å². The summed E-state index contributed by atoms with van der Waals surface area (Å²) in [6.45, 7) is 5.58. The molecule has 1 amide bonds. The lowest BCUT2D eigenvalue weighted by atomic mass is 10.2. The van der Waals surface area contributed by atoms with Crippen LogP contribution in [0.4, 0.5) is 5.69 Å². The van der Waals surface area contributed by atoms with E-state index in [1.165, 1.54) is 19.2 Å². The standard InChI is InChI=1S/C23H26N4O4S2/c1-17-24-19(16-32-17)15-26-11-13-27(14-12-26)23(28)18-7-9-20(10-8-18)33(29,30)25-21-5-3-4-6-22(21)31-2/h3-10,16,25H,11-15H2,1-2H3. The van der Waals surface area contributed by atoms with Crippen LogP contribution in [-0.2, 0) is 16.6 Å². The molecule has 0 saturated carbocycles.